The van der Waals surface area contributed by atoms with Gasteiger partial charge in [-0.05, 0) is 18.2 Å². The van der Waals surface area contributed by atoms with Gasteiger partial charge in [-0.25, -0.2) is 4.39 Å². The first-order valence-electron chi connectivity index (χ1n) is 8.19. The molecule has 0 saturated carbocycles. The van der Waals surface area contributed by atoms with Gasteiger partial charge in [-0.15, -0.1) is 0 Å². The van der Waals surface area contributed by atoms with E-state index in [1.807, 2.05) is 0 Å². The van der Waals surface area contributed by atoms with E-state index in [-0.39, 0.29) is 35.2 Å². The summed E-state index contributed by atoms with van der Waals surface area (Å²) in [5.74, 6) is -0.654. The van der Waals surface area contributed by atoms with Crippen LogP contribution in [0.2, 0.25) is 0 Å². The van der Waals surface area contributed by atoms with Gasteiger partial charge in [0, 0.05) is 36.8 Å². The second-order valence-electron chi connectivity index (χ2n) is 5.84. The highest BCUT2D eigenvalue weighted by atomic mass is 19.1. The number of nitro groups is 1. The van der Waals surface area contributed by atoms with E-state index in [1.165, 1.54) is 24.3 Å². The van der Waals surface area contributed by atoms with Gasteiger partial charge in [-0.2, -0.15) is 0 Å². The molecule has 3 rings (SSSR count). The molecule has 1 aliphatic heterocycles. The first kappa shape index (κ1) is 17.8. The Bertz CT molecular complexity index is 822. The molecule has 26 heavy (non-hydrogen) atoms. The van der Waals surface area contributed by atoms with Gasteiger partial charge < -0.3 is 15.0 Å². The Kier molecular flexibility index (Phi) is 5.43. The fraction of sp³-hybridized carbons (Fsp3) is 0.278. The van der Waals surface area contributed by atoms with Crippen LogP contribution >= 0.6 is 0 Å². The van der Waals surface area contributed by atoms with E-state index in [9.17, 15) is 19.3 Å². The quantitative estimate of drug-likeness (QED) is 0.655. The van der Waals surface area contributed by atoms with Crippen molar-refractivity contribution in [3.05, 3.63) is 69.5 Å². The number of anilines is 1. The molecule has 0 atom stereocenters. The molecule has 7 nitrogen and oxygen atoms in total. The minimum Gasteiger partial charge on any atom is -0.378 e. The van der Waals surface area contributed by atoms with Gasteiger partial charge in [-0.1, -0.05) is 18.2 Å². The van der Waals surface area contributed by atoms with Gasteiger partial charge in [0.25, 0.3) is 11.6 Å². The van der Waals surface area contributed by atoms with Crippen LogP contribution in [0, 0.1) is 15.9 Å². The van der Waals surface area contributed by atoms with Gasteiger partial charge in [0.05, 0.1) is 18.1 Å². The van der Waals surface area contributed by atoms with Crippen LogP contribution < -0.4 is 5.32 Å². The normalized spacial score (nSPS) is 14.1. The summed E-state index contributed by atoms with van der Waals surface area (Å²) in [5.41, 5.74) is 0.655. The number of halogens is 1. The Morgan fingerprint density at radius 1 is 1.23 bits per heavy atom. The van der Waals surface area contributed by atoms with E-state index in [0.717, 1.165) is 0 Å². The molecule has 1 N–H and O–H groups in total. The topological polar surface area (TPSA) is 84.7 Å². The van der Waals surface area contributed by atoms with Crippen LogP contribution in [0.4, 0.5) is 15.8 Å². The molecule has 1 saturated heterocycles. The predicted octanol–water partition coefficient (Wildman–Crippen LogP) is 2.82. The molecule has 0 aromatic heterocycles. The molecular formula is C18H18FN3O4. The third kappa shape index (κ3) is 3.97. The smallest absolute Gasteiger partial charge is 0.293 e. The monoisotopic (exact) mass is 359 g/mol. The maximum absolute atomic E-state index is 13.7. The zero-order valence-electron chi connectivity index (χ0n) is 14.0. The Morgan fingerprint density at radius 3 is 2.65 bits per heavy atom. The molecule has 2 aromatic rings. The molecule has 8 heteroatoms. The molecule has 0 aliphatic carbocycles. The number of hydrogen-bond acceptors (Lipinski definition) is 5. The highest BCUT2D eigenvalue weighted by Crippen LogP contribution is 2.27. The molecule has 0 radical (unpaired) electrons. The predicted molar refractivity (Wildman–Crippen MR) is 93.5 cm³/mol. The van der Waals surface area contributed by atoms with Crippen LogP contribution in [0.5, 0.6) is 0 Å². The van der Waals surface area contributed by atoms with Crippen LogP contribution in [0.15, 0.2) is 42.5 Å². The standard InChI is InChI=1S/C18H18FN3O4/c19-15-4-2-1-3-14(15)12-20-16-6-5-13(11-17(16)22(24)25)18(23)21-7-9-26-10-8-21/h1-6,11,20H,7-10,12H2. The van der Waals surface area contributed by atoms with Crippen molar-refractivity contribution >= 4 is 17.3 Å². The molecule has 0 spiro atoms. The average Bonchev–Trinajstić information content (AvgIpc) is 2.67. The third-order valence-electron chi connectivity index (χ3n) is 4.17. The minimum atomic E-state index is -0.556. The van der Waals surface area contributed by atoms with Gasteiger partial charge in [-0.3, -0.25) is 14.9 Å². The largest absolute Gasteiger partial charge is 0.378 e. The summed E-state index contributed by atoms with van der Waals surface area (Å²) in [4.78, 5) is 24.9. The number of carbonyl (C=O) groups excluding carboxylic acids is 1. The van der Waals surface area contributed by atoms with Crippen molar-refractivity contribution in [1.29, 1.82) is 0 Å². The number of hydrogen-bond donors (Lipinski definition) is 1. The number of nitro benzene ring substituents is 1. The van der Waals surface area contributed by atoms with Crippen LogP contribution in [0.25, 0.3) is 0 Å². The molecule has 0 unspecified atom stereocenters. The summed E-state index contributed by atoms with van der Waals surface area (Å²) in [7, 11) is 0. The van der Waals surface area contributed by atoms with Gasteiger partial charge in [0.2, 0.25) is 0 Å². The summed E-state index contributed by atoms with van der Waals surface area (Å²) in [6.45, 7) is 1.93. The van der Waals surface area contributed by atoms with Crippen molar-refractivity contribution in [2.45, 2.75) is 6.54 Å². The number of rotatable bonds is 5. The fourth-order valence-electron chi connectivity index (χ4n) is 2.75. The van der Waals surface area contributed by atoms with Crippen LogP contribution in [0.3, 0.4) is 0 Å². The van der Waals surface area contributed by atoms with E-state index >= 15 is 0 Å². The number of amides is 1. The summed E-state index contributed by atoms with van der Waals surface area (Å²) >= 11 is 0. The molecule has 136 valence electrons. The average molecular weight is 359 g/mol. The molecular weight excluding hydrogens is 341 g/mol. The maximum Gasteiger partial charge on any atom is 0.293 e. The third-order valence-corrected chi connectivity index (χ3v) is 4.17. The lowest BCUT2D eigenvalue weighted by Gasteiger charge is -2.26. The Labute approximate surface area is 149 Å². The Balaban J connectivity index is 1.79. The van der Waals surface area contributed by atoms with Crippen molar-refractivity contribution in [2.75, 3.05) is 31.6 Å². The Morgan fingerprint density at radius 2 is 1.96 bits per heavy atom. The van der Waals surface area contributed by atoms with Crippen molar-refractivity contribution in [2.24, 2.45) is 0 Å². The Hall–Kier alpha value is -3.00. The number of nitrogens with one attached hydrogen (secondary N) is 1. The van der Waals surface area contributed by atoms with E-state index in [1.54, 1.807) is 23.1 Å². The SMILES string of the molecule is O=C(c1ccc(NCc2ccccc2F)c([N+](=O)[O-])c1)N1CCOCC1. The van der Waals surface area contributed by atoms with Gasteiger partial charge in [0.1, 0.15) is 11.5 Å². The first-order valence-corrected chi connectivity index (χ1v) is 8.19. The van der Waals surface area contributed by atoms with Gasteiger partial charge in [0.15, 0.2) is 0 Å². The molecule has 1 aliphatic rings. The second-order valence-corrected chi connectivity index (χ2v) is 5.84. The lowest BCUT2D eigenvalue weighted by atomic mass is 10.1. The lowest BCUT2D eigenvalue weighted by molar-refractivity contribution is -0.384. The van der Waals surface area contributed by atoms with E-state index in [0.29, 0.717) is 31.9 Å². The lowest BCUT2D eigenvalue weighted by Crippen LogP contribution is -2.40. The summed E-state index contributed by atoms with van der Waals surface area (Å²) < 4.78 is 18.9. The summed E-state index contributed by atoms with van der Waals surface area (Å²) in [6.07, 6.45) is 0. The molecule has 1 heterocycles. The summed E-state index contributed by atoms with van der Waals surface area (Å²) in [5, 5.41) is 14.3. The summed E-state index contributed by atoms with van der Waals surface area (Å²) in [6, 6.07) is 10.5. The highest BCUT2D eigenvalue weighted by molar-refractivity contribution is 5.95. The van der Waals surface area contributed by atoms with Crippen molar-refractivity contribution in [1.82, 2.24) is 4.90 Å². The minimum absolute atomic E-state index is 0.101. The zero-order chi connectivity index (χ0) is 18.5. The molecule has 0 bridgehead atoms. The van der Waals surface area contributed by atoms with E-state index in [4.69, 9.17) is 4.74 Å². The number of benzene rings is 2. The molecule has 2 aromatic carbocycles. The van der Waals surface area contributed by atoms with Crippen molar-refractivity contribution in [3.63, 3.8) is 0 Å². The van der Waals surface area contributed by atoms with Crippen molar-refractivity contribution in [3.8, 4) is 0 Å². The van der Waals surface area contributed by atoms with Gasteiger partial charge >= 0.3 is 0 Å². The maximum atomic E-state index is 13.7. The molecule has 1 fully saturated rings. The van der Waals surface area contributed by atoms with Crippen molar-refractivity contribution < 1.29 is 18.8 Å². The fourth-order valence-corrected chi connectivity index (χ4v) is 2.75. The molecule has 1 amide bonds. The number of morpholine rings is 1. The van der Waals surface area contributed by atoms with E-state index in [2.05, 4.69) is 5.32 Å². The number of ether oxygens (including phenoxy) is 1. The highest BCUT2D eigenvalue weighted by Gasteiger charge is 2.22. The number of nitrogens with zero attached hydrogens (tertiary/aromatic N) is 2. The number of carbonyl (C=O) groups is 1. The van der Waals surface area contributed by atoms with Crippen LogP contribution in [-0.4, -0.2) is 42.0 Å². The van der Waals surface area contributed by atoms with Crippen LogP contribution in [0.1, 0.15) is 15.9 Å². The first-order chi connectivity index (χ1) is 12.6. The van der Waals surface area contributed by atoms with E-state index < -0.39 is 4.92 Å². The van der Waals surface area contributed by atoms with Crippen LogP contribution in [-0.2, 0) is 11.3 Å². The second kappa shape index (κ2) is 7.92. The zero-order valence-corrected chi connectivity index (χ0v) is 14.0.